The van der Waals surface area contributed by atoms with E-state index >= 15 is 0 Å². The van der Waals surface area contributed by atoms with Crippen LogP contribution >= 0.6 is 11.3 Å². The lowest BCUT2D eigenvalue weighted by molar-refractivity contribution is -0.138. The molecule has 1 unspecified atom stereocenters. The van der Waals surface area contributed by atoms with E-state index in [1.165, 1.54) is 5.01 Å². The van der Waals surface area contributed by atoms with Crippen LogP contribution in [-0.2, 0) is 22.3 Å². The summed E-state index contributed by atoms with van der Waals surface area (Å²) in [5, 5.41) is 3.33. The SMILES string of the molecule is CC(C)(C)c1nc(CN2CCN(C(=O)C(C)(N)c3ccccc3)CC2)cs1. The molecule has 0 spiro atoms. The van der Waals surface area contributed by atoms with Gasteiger partial charge in [-0.1, -0.05) is 51.1 Å². The average Bonchev–Trinajstić information content (AvgIpc) is 3.11. The zero-order valence-electron chi connectivity index (χ0n) is 16.7. The van der Waals surface area contributed by atoms with Crippen molar-refractivity contribution in [2.75, 3.05) is 26.2 Å². The van der Waals surface area contributed by atoms with Crippen LogP contribution in [0.3, 0.4) is 0 Å². The molecule has 1 amide bonds. The van der Waals surface area contributed by atoms with Crippen molar-refractivity contribution >= 4 is 17.2 Å². The van der Waals surface area contributed by atoms with Gasteiger partial charge in [0.15, 0.2) is 0 Å². The Balaban J connectivity index is 1.57. The van der Waals surface area contributed by atoms with Gasteiger partial charge in [-0.25, -0.2) is 4.98 Å². The molecule has 0 aliphatic carbocycles. The van der Waals surface area contributed by atoms with Crippen LogP contribution < -0.4 is 5.73 Å². The third kappa shape index (κ3) is 4.57. The first-order valence-electron chi connectivity index (χ1n) is 9.49. The molecule has 1 aliphatic heterocycles. The number of benzene rings is 1. The molecular formula is C21H30N4OS. The lowest BCUT2D eigenvalue weighted by Gasteiger charge is -2.38. The third-order valence-corrected chi connectivity index (χ3v) is 6.37. The summed E-state index contributed by atoms with van der Waals surface area (Å²) in [7, 11) is 0. The second-order valence-electron chi connectivity index (χ2n) is 8.53. The van der Waals surface area contributed by atoms with Gasteiger partial charge in [0.1, 0.15) is 5.54 Å². The maximum Gasteiger partial charge on any atom is 0.247 e. The van der Waals surface area contributed by atoms with Crippen LogP contribution in [-0.4, -0.2) is 46.9 Å². The van der Waals surface area contributed by atoms with Crippen LogP contribution in [0.1, 0.15) is 44.0 Å². The highest BCUT2D eigenvalue weighted by molar-refractivity contribution is 7.09. The second kappa shape index (κ2) is 7.70. The van der Waals surface area contributed by atoms with Crippen molar-refractivity contribution in [3.63, 3.8) is 0 Å². The summed E-state index contributed by atoms with van der Waals surface area (Å²) in [6.45, 7) is 12.3. The van der Waals surface area contributed by atoms with Crippen LogP contribution in [0, 0.1) is 0 Å². The van der Waals surface area contributed by atoms with E-state index in [1.54, 1.807) is 18.3 Å². The molecule has 1 saturated heterocycles. The van der Waals surface area contributed by atoms with E-state index in [1.807, 2.05) is 35.2 Å². The number of carbonyl (C=O) groups is 1. The third-order valence-electron chi connectivity index (χ3n) is 5.06. The number of nitrogens with zero attached hydrogens (tertiary/aromatic N) is 3. The minimum atomic E-state index is -0.986. The summed E-state index contributed by atoms with van der Waals surface area (Å²) in [5.41, 5.74) is 7.49. The lowest BCUT2D eigenvalue weighted by atomic mass is 9.91. The highest BCUT2D eigenvalue weighted by Crippen LogP contribution is 2.26. The molecule has 1 aliphatic rings. The van der Waals surface area contributed by atoms with Crippen LogP contribution in [0.4, 0.5) is 0 Å². The molecule has 1 atom stereocenters. The first kappa shape index (κ1) is 20.0. The van der Waals surface area contributed by atoms with Crippen molar-refractivity contribution in [2.24, 2.45) is 5.73 Å². The van der Waals surface area contributed by atoms with E-state index < -0.39 is 5.54 Å². The fraction of sp³-hybridized carbons (Fsp3) is 0.524. The van der Waals surface area contributed by atoms with Crippen molar-refractivity contribution < 1.29 is 4.79 Å². The molecule has 0 radical (unpaired) electrons. The van der Waals surface area contributed by atoms with Gasteiger partial charge in [-0.3, -0.25) is 9.69 Å². The zero-order valence-corrected chi connectivity index (χ0v) is 17.6. The van der Waals surface area contributed by atoms with E-state index in [0.717, 1.165) is 30.9 Å². The van der Waals surface area contributed by atoms with Gasteiger partial charge in [0.2, 0.25) is 5.91 Å². The number of amides is 1. The van der Waals surface area contributed by atoms with Crippen molar-refractivity contribution in [1.29, 1.82) is 0 Å². The second-order valence-corrected chi connectivity index (χ2v) is 9.39. The topological polar surface area (TPSA) is 62.5 Å². The Morgan fingerprint density at radius 2 is 1.74 bits per heavy atom. The smallest absolute Gasteiger partial charge is 0.247 e. The molecule has 2 heterocycles. The lowest BCUT2D eigenvalue weighted by Crippen LogP contribution is -2.56. The standard InChI is InChI=1S/C21H30N4OS/c1-20(2,3)18-23-17(15-27-18)14-24-10-12-25(13-11-24)19(26)21(4,22)16-8-6-5-7-9-16/h5-9,15H,10-14,22H2,1-4H3. The van der Waals surface area contributed by atoms with E-state index in [2.05, 4.69) is 31.1 Å². The summed E-state index contributed by atoms with van der Waals surface area (Å²) in [5.74, 6) is -0.00275. The van der Waals surface area contributed by atoms with E-state index in [-0.39, 0.29) is 11.3 Å². The molecule has 1 fully saturated rings. The van der Waals surface area contributed by atoms with Crippen LogP contribution in [0.15, 0.2) is 35.7 Å². The molecule has 0 saturated carbocycles. The summed E-state index contributed by atoms with van der Waals surface area (Å²) in [4.78, 5) is 22.0. The largest absolute Gasteiger partial charge is 0.338 e. The van der Waals surface area contributed by atoms with Crippen molar-refractivity contribution in [1.82, 2.24) is 14.8 Å². The molecule has 1 aromatic carbocycles. The van der Waals surface area contributed by atoms with Crippen molar-refractivity contribution in [3.8, 4) is 0 Å². The molecular weight excluding hydrogens is 356 g/mol. The molecule has 0 bridgehead atoms. The molecule has 146 valence electrons. The number of hydrogen-bond donors (Lipinski definition) is 1. The first-order chi connectivity index (χ1) is 12.7. The van der Waals surface area contributed by atoms with Gasteiger partial charge in [0.05, 0.1) is 10.7 Å². The summed E-state index contributed by atoms with van der Waals surface area (Å²) >= 11 is 1.73. The monoisotopic (exact) mass is 386 g/mol. The summed E-state index contributed by atoms with van der Waals surface area (Å²) in [6, 6.07) is 9.62. The van der Waals surface area contributed by atoms with Crippen LogP contribution in [0.2, 0.25) is 0 Å². The highest BCUT2D eigenvalue weighted by Gasteiger charge is 2.35. The summed E-state index contributed by atoms with van der Waals surface area (Å²) in [6.07, 6.45) is 0. The quantitative estimate of drug-likeness (QED) is 0.878. The Morgan fingerprint density at radius 1 is 1.11 bits per heavy atom. The predicted octanol–water partition coefficient (Wildman–Crippen LogP) is 2.96. The Kier molecular flexibility index (Phi) is 5.70. The molecule has 2 N–H and O–H groups in total. The van der Waals surface area contributed by atoms with Gasteiger partial charge in [-0.2, -0.15) is 0 Å². The van der Waals surface area contributed by atoms with E-state index in [0.29, 0.717) is 13.1 Å². The Morgan fingerprint density at radius 3 is 2.30 bits per heavy atom. The van der Waals surface area contributed by atoms with E-state index in [4.69, 9.17) is 10.7 Å². The number of carbonyl (C=O) groups excluding carboxylic acids is 1. The molecule has 5 nitrogen and oxygen atoms in total. The number of thiazole rings is 1. The number of rotatable bonds is 4. The summed E-state index contributed by atoms with van der Waals surface area (Å²) < 4.78 is 0. The van der Waals surface area contributed by atoms with E-state index in [9.17, 15) is 4.79 Å². The molecule has 3 rings (SSSR count). The van der Waals surface area contributed by atoms with Gasteiger partial charge in [-0.05, 0) is 12.5 Å². The average molecular weight is 387 g/mol. The zero-order chi connectivity index (χ0) is 19.7. The van der Waals surface area contributed by atoms with Gasteiger partial charge in [0, 0.05) is 43.5 Å². The van der Waals surface area contributed by atoms with Gasteiger partial charge in [-0.15, -0.1) is 11.3 Å². The maximum atomic E-state index is 13.0. The molecule has 6 heteroatoms. The van der Waals surface area contributed by atoms with Crippen molar-refractivity contribution in [3.05, 3.63) is 52.0 Å². The Hall–Kier alpha value is -1.76. The van der Waals surface area contributed by atoms with Crippen LogP contribution in [0.5, 0.6) is 0 Å². The highest BCUT2D eigenvalue weighted by atomic mass is 32.1. The number of nitrogens with two attached hydrogens (primary N) is 1. The maximum absolute atomic E-state index is 13.0. The molecule has 2 aromatic rings. The minimum absolute atomic E-state index is 0.00275. The number of piperazine rings is 1. The van der Waals surface area contributed by atoms with Gasteiger partial charge >= 0.3 is 0 Å². The fourth-order valence-electron chi connectivity index (χ4n) is 3.30. The van der Waals surface area contributed by atoms with Gasteiger partial charge in [0.25, 0.3) is 0 Å². The molecule has 27 heavy (non-hydrogen) atoms. The Labute approximate surface area is 166 Å². The molecule has 1 aromatic heterocycles. The van der Waals surface area contributed by atoms with Gasteiger partial charge < -0.3 is 10.6 Å². The predicted molar refractivity (Wildman–Crippen MR) is 111 cm³/mol. The minimum Gasteiger partial charge on any atom is -0.338 e. The number of hydrogen-bond acceptors (Lipinski definition) is 5. The fourth-order valence-corrected chi connectivity index (χ4v) is 4.20. The van der Waals surface area contributed by atoms with Crippen LogP contribution in [0.25, 0.3) is 0 Å². The Bertz CT molecular complexity index is 771. The normalized spacial score (nSPS) is 18.3. The van der Waals surface area contributed by atoms with Crippen molar-refractivity contribution in [2.45, 2.75) is 45.2 Å². The first-order valence-corrected chi connectivity index (χ1v) is 10.4. The number of aromatic nitrogens is 1.